The predicted octanol–water partition coefficient (Wildman–Crippen LogP) is 3.75. The van der Waals surface area contributed by atoms with E-state index in [1.165, 1.54) is 6.26 Å². The zero-order valence-corrected chi connectivity index (χ0v) is 14.0. The van der Waals surface area contributed by atoms with Crippen LogP contribution in [0.5, 0.6) is 0 Å². The Labute approximate surface area is 140 Å². The van der Waals surface area contributed by atoms with E-state index < -0.39 is 0 Å². The van der Waals surface area contributed by atoms with Crippen LogP contribution in [-0.4, -0.2) is 12.5 Å². The third kappa shape index (κ3) is 2.62. The van der Waals surface area contributed by atoms with Gasteiger partial charge < -0.3 is 15.1 Å². The number of nitrogens with two attached hydrogens (primary N) is 1. The lowest BCUT2D eigenvalue weighted by molar-refractivity contribution is 0.0985. The van der Waals surface area contributed by atoms with E-state index in [4.69, 9.17) is 21.8 Å². The minimum absolute atomic E-state index is 0. The standard InChI is InChI=1S/C16H17ClN2O2.ClH/c1-16(2)9-19(13-5-3-4-12(17)14(13)16)15(20)10-6-11(7-18)21-8-10;/h3-6,8H,7,9,18H2,1-2H3;1H. The number of fused-ring (bicyclic) bond motifs is 1. The van der Waals surface area contributed by atoms with Crippen LogP contribution in [0, 0.1) is 0 Å². The van der Waals surface area contributed by atoms with Crippen molar-refractivity contribution in [2.75, 3.05) is 11.4 Å². The molecular weight excluding hydrogens is 323 g/mol. The Hall–Kier alpha value is -1.49. The van der Waals surface area contributed by atoms with Crippen molar-refractivity contribution in [3.05, 3.63) is 52.4 Å². The van der Waals surface area contributed by atoms with Crippen molar-refractivity contribution < 1.29 is 9.21 Å². The van der Waals surface area contributed by atoms with E-state index in [9.17, 15) is 4.79 Å². The van der Waals surface area contributed by atoms with Crippen LogP contribution >= 0.6 is 24.0 Å². The van der Waals surface area contributed by atoms with Crippen LogP contribution in [0.1, 0.15) is 35.5 Å². The first-order valence-electron chi connectivity index (χ1n) is 6.82. The summed E-state index contributed by atoms with van der Waals surface area (Å²) in [4.78, 5) is 14.5. The number of amides is 1. The number of rotatable bonds is 2. The van der Waals surface area contributed by atoms with E-state index in [1.807, 2.05) is 18.2 Å². The summed E-state index contributed by atoms with van der Waals surface area (Å²) < 4.78 is 5.26. The first kappa shape index (κ1) is 16.9. The Bertz CT molecular complexity index is 710. The maximum atomic E-state index is 12.7. The van der Waals surface area contributed by atoms with Gasteiger partial charge in [-0.05, 0) is 18.2 Å². The second-order valence-electron chi connectivity index (χ2n) is 5.91. The summed E-state index contributed by atoms with van der Waals surface area (Å²) in [5.41, 5.74) is 7.74. The van der Waals surface area contributed by atoms with Gasteiger partial charge in [0.25, 0.3) is 5.91 Å². The molecule has 0 unspecified atom stereocenters. The smallest absolute Gasteiger partial charge is 0.261 e. The summed E-state index contributed by atoms with van der Waals surface area (Å²) in [6, 6.07) is 7.35. The maximum absolute atomic E-state index is 12.7. The molecule has 2 N–H and O–H groups in total. The second kappa shape index (κ2) is 5.95. The third-order valence-electron chi connectivity index (χ3n) is 3.86. The molecule has 4 nitrogen and oxygen atoms in total. The number of hydrogen-bond acceptors (Lipinski definition) is 3. The molecule has 0 atom stereocenters. The molecular formula is C16H18Cl2N2O2. The van der Waals surface area contributed by atoms with Crippen LogP contribution in [0.25, 0.3) is 0 Å². The monoisotopic (exact) mass is 340 g/mol. The SMILES string of the molecule is CC1(C)CN(C(=O)c2coc(CN)c2)c2cccc(Cl)c21.Cl. The first-order valence-corrected chi connectivity index (χ1v) is 7.20. The number of anilines is 1. The fourth-order valence-electron chi connectivity index (χ4n) is 2.90. The third-order valence-corrected chi connectivity index (χ3v) is 4.17. The van der Waals surface area contributed by atoms with Gasteiger partial charge >= 0.3 is 0 Å². The molecule has 6 heteroatoms. The quantitative estimate of drug-likeness (QED) is 0.905. The molecule has 1 aromatic carbocycles. The van der Waals surface area contributed by atoms with Crippen molar-refractivity contribution >= 4 is 35.6 Å². The van der Waals surface area contributed by atoms with Crippen molar-refractivity contribution in [3.8, 4) is 0 Å². The first-order chi connectivity index (χ1) is 9.94. The highest BCUT2D eigenvalue weighted by molar-refractivity contribution is 6.32. The lowest BCUT2D eigenvalue weighted by atomic mass is 9.87. The molecule has 0 radical (unpaired) electrons. The lowest BCUT2D eigenvalue weighted by Crippen LogP contribution is -2.33. The van der Waals surface area contributed by atoms with Gasteiger partial charge in [0.1, 0.15) is 12.0 Å². The van der Waals surface area contributed by atoms with Gasteiger partial charge in [-0.15, -0.1) is 12.4 Å². The lowest BCUT2D eigenvalue weighted by Gasteiger charge is -2.20. The molecule has 1 amide bonds. The summed E-state index contributed by atoms with van der Waals surface area (Å²) in [6.45, 7) is 5.05. The molecule has 2 aromatic rings. The molecule has 1 aliphatic heterocycles. The summed E-state index contributed by atoms with van der Waals surface area (Å²) in [7, 11) is 0. The van der Waals surface area contributed by atoms with Gasteiger partial charge in [0.2, 0.25) is 0 Å². The molecule has 0 bridgehead atoms. The molecule has 3 rings (SSSR count). The maximum Gasteiger partial charge on any atom is 0.261 e. The average Bonchev–Trinajstić information content (AvgIpc) is 3.01. The topological polar surface area (TPSA) is 59.5 Å². The molecule has 118 valence electrons. The number of furan rings is 1. The highest BCUT2D eigenvalue weighted by Gasteiger charge is 2.40. The number of carbonyl (C=O) groups is 1. The number of halogens is 2. The number of nitrogens with zero attached hydrogens (tertiary/aromatic N) is 1. The van der Waals surface area contributed by atoms with Crippen molar-refractivity contribution in [2.24, 2.45) is 5.73 Å². The van der Waals surface area contributed by atoms with Gasteiger partial charge in [-0.25, -0.2) is 0 Å². The Balaban J connectivity index is 0.00000176. The van der Waals surface area contributed by atoms with E-state index in [2.05, 4.69) is 13.8 Å². The summed E-state index contributed by atoms with van der Waals surface area (Å²) in [5, 5.41) is 0.697. The molecule has 1 aliphatic rings. The summed E-state index contributed by atoms with van der Waals surface area (Å²) >= 11 is 6.32. The van der Waals surface area contributed by atoms with Gasteiger partial charge in [-0.1, -0.05) is 31.5 Å². The highest BCUT2D eigenvalue weighted by atomic mass is 35.5. The van der Waals surface area contributed by atoms with Crippen LogP contribution in [0.4, 0.5) is 5.69 Å². The van der Waals surface area contributed by atoms with Gasteiger partial charge in [-0.2, -0.15) is 0 Å². The highest BCUT2D eigenvalue weighted by Crippen LogP contribution is 2.44. The summed E-state index contributed by atoms with van der Waals surface area (Å²) in [6.07, 6.45) is 1.46. The zero-order valence-electron chi connectivity index (χ0n) is 12.4. The normalized spacial score (nSPS) is 15.4. The second-order valence-corrected chi connectivity index (χ2v) is 6.32. The number of benzene rings is 1. The molecule has 1 aromatic heterocycles. The Morgan fingerprint density at radius 2 is 2.18 bits per heavy atom. The Morgan fingerprint density at radius 1 is 1.45 bits per heavy atom. The van der Waals surface area contributed by atoms with Crippen LogP contribution in [0.15, 0.2) is 34.9 Å². The van der Waals surface area contributed by atoms with Crippen molar-refractivity contribution in [2.45, 2.75) is 25.8 Å². The van der Waals surface area contributed by atoms with Gasteiger partial charge in [0, 0.05) is 28.2 Å². The van der Waals surface area contributed by atoms with Crippen LogP contribution in [0.3, 0.4) is 0 Å². The van der Waals surface area contributed by atoms with E-state index in [0.717, 1.165) is 11.3 Å². The van der Waals surface area contributed by atoms with Gasteiger partial charge in [0.05, 0.1) is 12.1 Å². The van der Waals surface area contributed by atoms with Crippen LogP contribution < -0.4 is 10.6 Å². The van der Waals surface area contributed by atoms with Crippen LogP contribution in [0.2, 0.25) is 5.02 Å². The molecule has 0 saturated heterocycles. The number of carbonyl (C=O) groups excluding carboxylic acids is 1. The molecule has 0 fully saturated rings. The van der Waals surface area contributed by atoms with Crippen molar-refractivity contribution in [1.82, 2.24) is 0 Å². The average molecular weight is 341 g/mol. The molecule has 22 heavy (non-hydrogen) atoms. The molecule has 0 aliphatic carbocycles. The van der Waals surface area contributed by atoms with Crippen molar-refractivity contribution in [1.29, 1.82) is 0 Å². The van der Waals surface area contributed by atoms with E-state index in [1.54, 1.807) is 11.0 Å². The van der Waals surface area contributed by atoms with Gasteiger partial charge in [-0.3, -0.25) is 4.79 Å². The van der Waals surface area contributed by atoms with Gasteiger partial charge in [0.15, 0.2) is 0 Å². The van der Waals surface area contributed by atoms with Crippen LogP contribution in [-0.2, 0) is 12.0 Å². The predicted molar refractivity (Wildman–Crippen MR) is 90.0 cm³/mol. The number of hydrogen-bond donors (Lipinski definition) is 1. The minimum Gasteiger partial charge on any atom is -0.467 e. The Morgan fingerprint density at radius 3 is 2.82 bits per heavy atom. The Kier molecular flexibility index (Phi) is 4.57. The fourth-order valence-corrected chi connectivity index (χ4v) is 3.33. The fraction of sp³-hybridized carbons (Fsp3) is 0.312. The van der Waals surface area contributed by atoms with E-state index in [-0.39, 0.29) is 30.3 Å². The minimum atomic E-state index is -0.177. The molecule has 0 spiro atoms. The van der Waals surface area contributed by atoms with Crippen molar-refractivity contribution in [3.63, 3.8) is 0 Å². The molecule has 0 saturated carbocycles. The summed E-state index contributed by atoms with van der Waals surface area (Å²) in [5.74, 6) is 0.510. The zero-order chi connectivity index (χ0) is 15.2. The van der Waals surface area contributed by atoms with E-state index in [0.29, 0.717) is 22.9 Å². The van der Waals surface area contributed by atoms with E-state index >= 15 is 0 Å². The largest absolute Gasteiger partial charge is 0.467 e. The molecule has 2 heterocycles.